The first-order chi connectivity index (χ1) is 13.2. The van der Waals surface area contributed by atoms with Crippen LogP contribution in [0.25, 0.3) is 0 Å². The van der Waals surface area contributed by atoms with Gasteiger partial charge in [0.1, 0.15) is 0 Å². The van der Waals surface area contributed by atoms with Gasteiger partial charge in [-0.3, -0.25) is 14.6 Å². The van der Waals surface area contributed by atoms with Crippen molar-refractivity contribution in [3.8, 4) is 0 Å². The largest absolute Gasteiger partial charge is 0.339 e. The highest BCUT2D eigenvalue weighted by molar-refractivity contribution is 5.82. The third-order valence-electron chi connectivity index (χ3n) is 6.03. The van der Waals surface area contributed by atoms with Crippen LogP contribution in [0.15, 0.2) is 60.7 Å². The molecule has 0 saturated carbocycles. The van der Waals surface area contributed by atoms with Crippen LogP contribution in [0.5, 0.6) is 0 Å². The molecule has 1 amide bonds. The summed E-state index contributed by atoms with van der Waals surface area (Å²) in [5.41, 5.74) is 2.64. The Balaban J connectivity index is 1.48. The van der Waals surface area contributed by atoms with Crippen LogP contribution in [0.3, 0.4) is 0 Å². The van der Waals surface area contributed by atoms with E-state index in [0.29, 0.717) is 5.91 Å². The highest BCUT2D eigenvalue weighted by Gasteiger charge is 2.34. The Morgan fingerprint density at radius 2 is 1.41 bits per heavy atom. The van der Waals surface area contributed by atoms with Crippen molar-refractivity contribution in [2.24, 2.45) is 0 Å². The molecule has 4 heteroatoms. The summed E-state index contributed by atoms with van der Waals surface area (Å²) in [6.45, 7) is 4.51. The van der Waals surface area contributed by atoms with Gasteiger partial charge in [0.2, 0.25) is 5.91 Å². The van der Waals surface area contributed by atoms with E-state index in [1.54, 1.807) is 0 Å². The number of nitrogens with zero attached hydrogens (tertiary/aromatic N) is 3. The minimum Gasteiger partial charge on any atom is -0.339 e. The summed E-state index contributed by atoms with van der Waals surface area (Å²) in [6, 6.07) is 21.8. The second-order valence-corrected chi connectivity index (χ2v) is 7.72. The fourth-order valence-electron chi connectivity index (χ4n) is 4.52. The van der Waals surface area contributed by atoms with Crippen LogP contribution in [0.1, 0.15) is 30.0 Å². The molecule has 1 unspecified atom stereocenters. The summed E-state index contributed by atoms with van der Waals surface area (Å²) in [4.78, 5) is 19.7. The van der Waals surface area contributed by atoms with E-state index >= 15 is 0 Å². The molecule has 2 aliphatic heterocycles. The molecule has 0 spiro atoms. The number of rotatable bonds is 4. The smallest absolute Gasteiger partial charge is 0.240 e. The Bertz CT molecular complexity index is 701. The molecular weight excluding hydrogens is 334 g/mol. The van der Waals surface area contributed by atoms with Gasteiger partial charge in [0.25, 0.3) is 0 Å². The SMILES string of the molecule is CN1CCCC1C(=O)N1CCN(C(c2ccccc2)c2ccccc2)CC1. The average Bonchev–Trinajstić information content (AvgIpc) is 3.16. The molecule has 2 fully saturated rings. The Kier molecular flexibility index (Phi) is 5.55. The summed E-state index contributed by atoms with van der Waals surface area (Å²) >= 11 is 0. The molecular formula is C23H29N3O. The van der Waals surface area contributed by atoms with Gasteiger partial charge in [0.15, 0.2) is 0 Å². The van der Waals surface area contributed by atoms with Gasteiger partial charge in [-0.2, -0.15) is 0 Å². The van der Waals surface area contributed by atoms with E-state index in [-0.39, 0.29) is 12.1 Å². The third-order valence-corrected chi connectivity index (χ3v) is 6.03. The second kappa shape index (κ2) is 8.24. The molecule has 0 bridgehead atoms. The van der Waals surface area contributed by atoms with E-state index in [2.05, 4.69) is 82.4 Å². The van der Waals surface area contributed by atoms with Crippen molar-refractivity contribution in [2.45, 2.75) is 24.9 Å². The van der Waals surface area contributed by atoms with Gasteiger partial charge in [-0.05, 0) is 37.6 Å². The van der Waals surface area contributed by atoms with Crippen molar-refractivity contribution >= 4 is 5.91 Å². The van der Waals surface area contributed by atoms with Crippen LogP contribution in [-0.2, 0) is 4.79 Å². The first-order valence-electron chi connectivity index (χ1n) is 10.1. The molecule has 4 nitrogen and oxygen atoms in total. The average molecular weight is 364 g/mol. The highest BCUT2D eigenvalue weighted by atomic mass is 16.2. The molecule has 2 aromatic rings. The van der Waals surface area contributed by atoms with Gasteiger partial charge in [-0.1, -0.05) is 60.7 Å². The Labute approximate surface area is 162 Å². The molecule has 0 aliphatic carbocycles. The molecule has 142 valence electrons. The number of piperazine rings is 1. The van der Waals surface area contributed by atoms with Gasteiger partial charge >= 0.3 is 0 Å². The maximum atomic E-state index is 12.9. The van der Waals surface area contributed by atoms with E-state index in [1.165, 1.54) is 11.1 Å². The molecule has 1 atom stereocenters. The summed E-state index contributed by atoms with van der Waals surface area (Å²) in [5, 5.41) is 0. The topological polar surface area (TPSA) is 26.8 Å². The summed E-state index contributed by atoms with van der Waals surface area (Å²) in [5.74, 6) is 0.325. The molecule has 0 radical (unpaired) electrons. The lowest BCUT2D eigenvalue weighted by Gasteiger charge is -2.41. The van der Waals surface area contributed by atoms with Gasteiger partial charge in [-0.25, -0.2) is 0 Å². The predicted molar refractivity (Wildman–Crippen MR) is 109 cm³/mol. The van der Waals surface area contributed by atoms with E-state index in [4.69, 9.17) is 0 Å². The van der Waals surface area contributed by atoms with Gasteiger partial charge < -0.3 is 4.90 Å². The van der Waals surface area contributed by atoms with Gasteiger partial charge in [0, 0.05) is 26.2 Å². The van der Waals surface area contributed by atoms with Gasteiger partial charge in [-0.15, -0.1) is 0 Å². The molecule has 2 heterocycles. The molecule has 2 aromatic carbocycles. The number of carbonyl (C=O) groups excluding carboxylic acids is 1. The van der Waals surface area contributed by atoms with Crippen molar-refractivity contribution in [1.29, 1.82) is 0 Å². The minimum atomic E-state index is 0.0931. The summed E-state index contributed by atoms with van der Waals surface area (Å²) in [7, 11) is 2.08. The molecule has 2 saturated heterocycles. The number of amides is 1. The third kappa shape index (κ3) is 3.92. The number of hydrogen-bond acceptors (Lipinski definition) is 3. The van der Waals surface area contributed by atoms with Crippen LogP contribution >= 0.6 is 0 Å². The highest BCUT2D eigenvalue weighted by Crippen LogP contribution is 2.29. The van der Waals surface area contributed by atoms with E-state index in [1.807, 2.05) is 0 Å². The Morgan fingerprint density at radius 1 is 0.852 bits per heavy atom. The number of benzene rings is 2. The standard InChI is InChI=1S/C23H29N3O/c1-24-14-8-13-21(24)23(27)26-17-15-25(16-18-26)22(19-9-4-2-5-10-19)20-11-6-3-7-12-20/h2-7,9-12,21-22H,8,13-18H2,1H3. The maximum Gasteiger partial charge on any atom is 0.240 e. The lowest BCUT2D eigenvalue weighted by atomic mass is 9.96. The summed E-state index contributed by atoms with van der Waals surface area (Å²) < 4.78 is 0. The number of likely N-dealkylation sites (tertiary alicyclic amines) is 1. The van der Waals surface area contributed by atoms with Crippen molar-refractivity contribution in [3.63, 3.8) is 0 Å². The molecule has 2 aliphatic rings. The van der Waals surface area contributed by atoms with Crippen molar-refractivity contribution < 1.29 is 4.79 Å². The minimum absolute atomic E-state index is 0.0931. The lowest BCUT2D eigenvalue weighted by Crippen LogP contribution is -2.53. The first kappa shape index (κ1) is 18.2. The van der Waals surface area contributed by atoms with Crippen LogP contribution in [-0.4, -0.2) is 66.4 Å². The monoisotopic (exact) mass is 363 g/mol. The van der Waals surface area contributed by atoms with E-state index in [0.717, 1.165) is 45.6 Å². The van der Waals surface area contributed by atoms with Crippen molar-refractivity contribution in [3.05, 3.63) is 71.8 Å². The zero-order valence-corrected chi connectivity index (χ0v) is 16.1. The van der Waals surface area contributed by atoms with Crippen LogP contribution in [0.4, 0.5) is 0 Å². The number of hydrogen-bond donors (Lipinski definition) is 0. The number of likely N-dealkylation sites (N-methyl/N-ethyl adjacent to an activating group) is 1. The molecule has 0 N–H and O–H groups in total. The van der Waals surface area contributed by atoms with Crippen LogP contribution in [0.2, 0.25) is 0 Å². The molecule has 4 rings (SSSR count). The second-order valence-electron chi connectivity index (χ2n) is 7.72. The predicted octanol–water partition coefficient (Wildman–Crippen LogP) is 3.01. The van der Waals surface area contributed by atoms with Crippen molar-refractivity contribution in [1.82, 2.24) is 14.7 Å². The zero-order chi connectivity index (χ0) is 18.6. The lowest BCUT2D eigenvalue weighted by molar-refractivity contribution is -0.137. The van der Waals surface area contributed by atoms with E-state index in [9.17, 15) is 4.79 Å². The first-order valence-corrected chi connectivity index (χ1v) is 10.1. The van der Waals surface area contributed by atoms with E-state index < -0.39 is 0 Å². The van der Waals surface area contributed by atoms with Gasteiger partial charge in [0.05, 0.1) is 12.1 Å². The molecule has 0 aromatic heterocycles. The van der Waals surface area contributed by atoms with Crippen molar-refractivity contribution in [2.75, 3.05) is 39.8 Å². The number of carbonyl (C=O) groups is 1. The van der Waals surface area contributed by atoms with Crippen LogP contribution < -0.4 is 0 Å². The zero-order valence-electron chi connectivity index (χ0n) is 16.1. The summed E-state index contributed by atoms with van der Waals surface area (Å²) in [6.07, 6.45) is 2.14. The van der Waals surface area contributed by atoms with Crippen LogP contribution in [0, 0.1) is 0 Å². The fourth-order valence-corrected chi connectivity index (χ4v) is 4.52. The normalized spacial score (nSPS) is 21.7. The quantitative estimate of drug-likeness (QED) is 0.835. The fraction of sp³-hybridized carbons (Fsp3) is 0.435. The Hall–Kier alpha value is -2.17. The Morgan fingerprint density at radius 3 is 1.89 bits per heavy atom. The maximum absolute atomic E-state index is 12.9. The molecule has 27 heavy (non-hydrogen) atoms.